The lowest BCUT2D eigenvalue weighted by Gasteiger charge is -2.29. The first-order valence-electron chi connectivity index (χ1n) is 9.91. The third-order valence-electron chi connectivity index (χ3n) is 5.22. The van der Waals surface area contributed by atoms with Crippen molar-refractivity contribution < 1.29 is 28.4 Å². The lowest BCUT2D eigenvalue weighted by molar-refractivity contribution is -0.897. The Morgan fingerprint density at radius 1 is 1.07 bits per heavy atom. The van der Waals surface area contributed by atoms with E-state index in [4.69, 9.17) is 9.47 Å². The summed E-state index contributed by atoms with van der Waals surface area (Å²) in [7, 11) is 3.08. The third kappa shape index (κ3) is 5.48. The molecule has 3 rings (SSSR count). The Kier molecular flexibility index (Phi) is 7.24. The number of quaternary nitrogens is 1. The maximum atomic E-state index is 13.3. The highest BCUT2D eigenvalue weighted by Crippen LogP contribution is 2.33. The highest BCUT2D eigenvalue weighted by Gasteiger charge is 2.26. The molecule has 8 heteroatoms. The minimum Gasteiger partial charge on any atom is -0.494 e. The van der Waals surface area contributed by atoms with E-state index in [1.807, 2.05) is 0 Å². The molecule has 160 valence electrons. The number of carbonyl (C=O) groups excluding carboxylic acids is 2. The van der Waals surface area contributed by atoms with Crippen LogP contribution in [0.15, 0.2) is 42.5 Å². The van der Waals surface area contributed by atoms with Crippen LogP contribution in [0.1, 0.15) is 23.2 Å². The summed E-state index contributed by atoms with van der Waals surface area (Å²) in [5, 5.41) is 5.84. The average molecular weight is 416 g/mol. The molecule has 1 aliphatic heterocycles. The Hall–Kier alpha value is -3.13. The van der Waals surface area contributed by atoms with E-state index in [2.05, 4.69) is 10.6 Å². The lowest BCUT2D eigenvalue weighted by Crippen LogP contribution is -3.14. The van der Waals surface area contributed by atoms with Crippen molar-refractivity contribution in [2.45, 2.75) is 18.9 Å². The standard InChI is InChI=1S/C22H26FN3O4/c1-29-18-7-4-8-19(30-2)21(18)25-20(27)14-26-11-9-17(10-12-26)24-22(28)15-5-3-6-16(23)13-15/h3-8,13,17H,9-12,14H2,1-2H3,(H,24,28)(H,25,27)/p+1. The van der Waals surface area contributed by atoms with E-state index in [0.717, 1.165) is 30.8 Å². The zero-order valence-electron chi connectivity index (χ0n) is 17.2. The molecule has 0 spiro atoms. The number of piperidine rings is 1. The first kappa shape index (κ1) is 21.6. The predicted molar refractivity (Wildman–Crippen MR) is 111 cm³/mol. The second-order valence-electron chi connectivity index (χ2n) is 7.27. The van der Waals surface area contributed by atoms with Gasteiger partial charge in [0, 0.05) is 24.4 Å². The molecule has 7 nitrogen and oxygen atoms in total. The third-order valence-corrected chi connectivity index (χ3v) is 5.22. The zero-order chi connectivity index (χ0) is 21.5. The molecule has 1 fully saturated rings. The van der Waals surface area contributed by atoms with E-state index < -0.39 is 5.82 Å². The van der Waals surface area contributed by atoms with Crippen molar-refractivity contribution in [3.05, 3.63) is 53.8 Å². The van der Waals surface area contributed by atoms with Crippen LogP contribution in [0.3, 0.4) is 0 Å². The Labute approximate surface area is 175 Å². The molecule has 0 aliphatic carbocycles. The second-order valence-corrected chi connectivity index (χ2v) is 7.27. The maximum absolute atomic E-state index is 13.3. The molecule has 0 unspecified atom stereocenters. The molecule has 2 aromatic carbocycles. The topological polar surface area (TPSA) is 81.1 Å². The number of hydrogen-bond acceptors (Lipinski definition) is 4. The molecule has 1 heterocycles. The number of anilines is 1. The Morgan fingerprint density at radius 3 is 2.30 bits per heavy atom. The van der Waals surface area contributed by atoms with E-state index in [-0.39, 0.29) is 17.9 Å². The van der Waals surface area contributed by atoms with E-state index >= 15 is 0 Å². The van der Waals surface area contributed by atoms with Gasteiger partial charge in [0.2, 0.25) is 0 Å². The second kappa shape index (κ2) is 10.1. The molecule has 2 amide bonds. The summed E-state index contributed by atoms with van der Waals surface area (Å²) in [5.41, 5.74) is 0.832. The van der Waals surface area contributed by atoms with Gasteiger partial charge < -0.3 is 25.0 Å². The predicted octanol–water partition coefficient (Wildman–Crippen LogP) is 1.26. The van der Waals surface area contributed by atoms with Gasteiger partial charge in [-0.25, -0.2) is 4.39 Å². The number of rotatable bonds is 7. The molecule has 0 aromatic heterocycles. The summed E-state index contributed by atoms with van der Waals surface area (Å²) in [6.45, 7) is 1.82. The summed E-state index contributed by atoms with van der Waals surface area (Å²) in [6, 6.07) is 11.0. The molecule has 2 aromatic rings. The molecule has 0 bridgehead atoms. The van der Waals surface area contributed by atoms with Crippen LogP contribution in [0.2, 0.25) is 0 Å². The van der Waals surface area contributed by atoms with E-state index in [0.29, 0.717) is 29.3 Å². The molecule has 0 radical (unpaired) electrons. The largest absolute Gasteiger partial charge is 0.494 e. The minimum atomic E-state index is -0.431. The first-order valence-corrected chi connectivity index (χ1v) is 9.91. The fourth-order valence-electron chi connectivity index (χ4n) is 3.63. The Morgan fingerprint density at radius 2 is 1.70 bits per heavy atom. The van der Waals surface area contributed by atoms with Gasteiger partial charge in [-0.05, 0) is 30.3 Å². The molecule has 3 N–H and O–H groups in total. The normalized spacial score (nSPS) is 18.4. The van der Waals surface area contributed by atoms with Crippen LogP contribution < -0.4 is 25.0 Å². The number of amides is 2. The van der Waals surface area contributed by atoms with Gasteiger partial charge >= 0.3 is 0 Å². The van der Waals surface area contributed by atoms with Crippen molar-refractivity contribution in [1.29, 1.82) is 0 Å². The van der Waals surface area contributed by atoms with Crippen molar-refractivity contribution in [1.82, 2.24) is 5.32 Å². The molecular weight excluding hydrogens is 389 g/mol. The van der Waals surface area contributed by atoms with Gasteiger partial charge in [-0.2, -0.15) is 0 Å². The lowest BCUT2D eigenvalue weighted by atomic mass is 10.0. The van der Waals surface area contributed by atoms with E-state index in [9.17, 15) is 14.0 Å². The smallest absolute Gasteiger partial charge is 0.279 e. The fourth-order valence-corrected chi connectivity index (χ4v) is 3.63. The number of nitrogens with one attached hydrogen (secondary N) is 3. The van der Waals surface area contributed by atoms with Crippen LogP contribution >= 0.6 is 0 Å². The van der Waals surface area contributed by atoms with Crippen LogP contribution in [0, 0.1) is 5.82 Å². The highest BCUT2D eigenvalue weighted by atomic mass is 19.1. The fraction of sp³-hybridized carbons (Fsp3) is 0.364. The maximum Gasteiger partial charge on any atom is 0.279 e. The molecule has 30 heavy (non-hydrogen) atoms. The van der Waals surface area contributed by atoms with Gasteiger partial charge in [-0.3, -0.25) is 9.59 Å². The quantitative estimate of drug-likeness (QED) is 0.635. The molecule has 0 saturated carbocycles. The summed E-state index contributed by atoms with van der Waals surface area (Å²) in [6.07, 6.45) is 1.50. The summed E-state index contributed by atoms with van der Waals surface area (Å²) >= 11 is 0. The van der Waals surface area contributed by atoms with Crippen LogP contribution in [0.4, 0.5) is 10.1 Å². The zero-order valence-corrected chi connectivity index (χ0v) is 17.2. The van der Waals surface area contributed by atoms with Crippen molar-refractivity contribution >= 4 is 17.5 Å². The number of hydrogen-bond donors (Lipinski definition) is 3. The van der Waals surface area contributed by atoms with Crippen molar-refractivity contribution in [3.63, 3.8) is 0 Å². The number of para-hydroxylation sites is 1. The van der Waals surface area contributed by atoms with Gasteiger partial charge in [0.1, 0.15) is 23.0 Å². The first-order chi connectivity index (χ1) is 14.5. The summed E-state index contributed by atoms with van der Waals surface area (Å²) in [4.78, 5) is 26.0. The van der Waals surface area contributed by atoms with Gasteiger partial charge in [0.15, 0.2) is 6.54 Å². The number of halogens is 1. The van der Waals surface area contributed by atoms with Gasteiger partial charge in [0.25, 0.3) is 11.8 Å². The minimum absolute atomic E-state index is 0.0156. The monoisotopic (exact) mass is 416 g/mol. The van der Waals surface area contributed by atoms with Crippen LogP contribution in [-0.4, -0.2) is 51.7 Å². The van der Waals surface area contributed by atoms with Crippen LogP contribution in [0.5, 0.6) is 11.5 Å². The van der Waals surface area contributed by atoms with E-state index in [1.165, 1.54) is 18.2 Å². The average Bonchev–Trinajstić information content (AvgIpc) is 2.75. The van der Waals surface area contributed by atoms with Crippen molar-refractivity contribution in [3.8, 4) is 11.5 Å². The van der Waals surface area contributed by atoms with Gasteiger partial charge in [-0.1, -0.05) is 12.1 Å². The number of carbonyl (C=O) groups is 2. The van der Waals surface area contributed by atoms with Gasteiger partial charge in [0.05, 0.1) is 27.3 Å². The summed E-state index contributed by atoms with van der Waals surface area (Å²) in [5.74, 6) is 0.242. The molecular formula is C22H27FN3O4+. The summed E-state index contributed by atoms with van der Waals surface area (Å²) < 4.78 is 23.9. The van der Waals surface area contributed by atoms with Crippen molar-refractivity contribution in [2.75, 3.05) is 39.2 Å². The van der Waals surface area contributed by atoms with E-state index in [1.54, 1.807) is 38.5 Å². The van der Waals surface area contributed by atoms with Crippen molar-refractivity contribution in [2.24, 2.45) is 0 Å². The SMILES string of the molecule is COc1cccc(OC)c1NC(=O)C[NH+]1CCC(NC(=O)c2cccc(F)c2)CC1. The van der Waals surface area contributed by atoms with Crippen LogP contribution in [0.25, 0.3) is 0 Å². The number of benzene rings is 2. The number of methoxy groups -OCH3 is 2. The number of likely N-dealkylation sites (tertiary alicyclic amines) is 1. The van der Waals surface area contributed by atoms with Gasteiger partial charge in [-0.15, -0.1) is 0 Å². The Balaban J connectivity index is 1.49. The molecule has 1 aliphatic rings. The Bertz CT molecular complexity index is 875. The number of ether oxygens (including phenoxy) is 2. The molecule has 1 saturated heterocycles. The highest BCUT2D eigenvalue weighted by molar-refractivity contribution is 5.95. The molecule has 0 atom stereocenters. The van der Waals surface area contributed by atoms with Crippen LogP contribution in [-0.2, 0) is 4.79 Å².